The summed E-state index contributed by atoms with van der Waals surface area (Å²) < 4.78 is 21.4. The van der Waals surface area contributed by atoms with Gasteiger partial charge in [-0.15, -0.1) is 0 Å². The van der Waals surface area contributed by atoms with Gasteiger partial charge in [-0.2, -0.15) is 0 Å². The Kier molecular flexibility index (Phi) is 5.46. The van der Waals surface area contributed by atoms with Gasteiger partial charge < -0.3 is 29.2 Å². The number of allylic oxidation sites excluding steroid dienone is 1. The van der Waals surface area contributed by atoms with Crippen molar-refractivity contribution >= 4 is 23.3 Å². The Bertz CT molecular complexity index is 804. The second kappa shape index (κ2) is 7.64. The van der Waals surface area contributed by atoms with Crippen LogP contribution in [0.3, 0.4) is 0 Å². The number of rotatable bonds is 6. The van der Waals surface area contributed by atoms with Gasteiger partial charge in [-0.05, 0) is 38.0 Å². The molecule has 1 aliphatic carbocycles. The highest BCUT2D eigenvalue weighted by Gasteiger charge is 2.41. The van der Waals surface area contributed by atoms with Gasteiger partial charge in [-0.3, -0.25) is 0 Å². The molecule has 0 bridgehead atoms. The summed E-state index contributed by atoms with van der Waals surface area (Å²) in [5.41, 5.74) is 2.02. The Morgan fingerprint density at radius 1 is 1.07 bits per heavy atom. The summed E-state index contributed by atoms with van der Waals surface area (Å²) in [6.45, 7) is 1.90. The smallest absolute Gasteiger partial charge is 0.337 e. The highest BCUT2D eigenvalue weighted by molar-refractivity contribution is 7.80. The third-order valence-electron chi connectivity index (χ3n) is 4.89. The molecular formula is C19H24N2O5S. The molecule has 0 radical (unpaired) electrons. The molecule has 2 aliphatic rings. The fraction of sp³-hybridized carbons (Fsp3) is 0.474. The van der Waals surface area contributed by atoms with E-state index in [9.17, 15) is 4.79 Å². The lowest BCUT2D eigenvalue weighted by atomic mass is 9.93. The first-order valence-corrected chi connectivity index (χ1v) is 9.06. The minimum absolute atomic E-state index is 0.331. The highest BCUT2D eigenvalue weighted by atomic mass is 32.1. The van der Waals surface area contributed by atoms with Crippen LogP contribution in [0.1, 0.15) is 31.4 Å². The molecule has 3 rings (SSSR count). The largest absolute Gasteiger partial charge is 0.496 e. The van der Waals surface area contributed by atoms with E-state index in [1.165, 1.54) is 7.11 Å². The Hall–Kier alpha value is -2.48. The summed E-state index contributed by atoms with van der Waals surface area (Å²) in [6.07, 6.45) is 2.11. The van der Waals surface area contributed by atoms with E-state index in [0.29, 0.717) is 39.5 Å². The number of hydrogen-bond acceptors (Lipinski definition) is 6. The molecule has 1 fully saturated rings. The number of nitrogens with one attached hydrogen (secondary N) is 1. The predicted octanol–water partition coefficient (Wildman–Crippen LogP) is 2.55. The van der Waals surface area contributed by atoms with Crippen LogP contribution >= 0.6 is 12.2 Å². The molecule has 8 heteroatoms. The van der Waals surface area contributed by atoms with Gasteiger partial charge in [-0.25, -0.2) is 4.79 Å². The van der Waals surface area contributed by atoms with Crippen LogP contribution in [0.2, 0.25) is 0 Å². The number of methoxy groups -OCH3 is 4. The molecule has 1 aliphatic heterocycles. The van der Waals surface area contributed by atoms with E-state index in [1.807, 2.05) is 11.8 Å². The minimum atomic E-state index is -0.519. The van der Waals surface area contributed by atoms with Gasteiger partial charge in [0.25, 0.3) is 0 Å². The van der Waals surface area contributed by atoms with E-state index in [4.69, 9.17) is 31.2 Å². The Morgan fingerprint density at radius 3 is 2.19 bits per heavy atom. The van der Waals surface area contributed by atoms with Crippen LogP contribution in [0.4, 0.5) is 0 Å². The van der Waals surface area contributed by atoms with Gasteiger partial charge in [0.1, 0.15) is 5.75 Å². The monoisotopic (exact) mass is 392 g/mol. The van der Waals surface area contributed by atoms with E-state index >= 15 is 0 Å². The van der Waals surface area contributed by atoms with E-state index in [2.05, 4.69) is 5.32 Å². The first kappa shape index (κ1) is 19.3. The van der Waals surface area contributed by atoms with E-state index < -0.39 is 12.0 Å². The molecule has 0 saturated heterocycles. The Balaban J connectivity index is 2.16. The fourth-order valence-corrected chi connectivity index (χ4v) is 3.82. The average molecular weight is 392 g/mol. The lowest BCUT2D eigenvalue weighted by Gasteiger charge is -2.38. The summed E-state index contributed by atoms with van der Waals surface area (Å²) >= 11 is 5.59. The molecule has 27 heavy (non-hydrogen) atoms. The second-order valence-corrected chi connectivity index (χ2v) is 6.81. The van der Waals surface area contributed by atoms with Crippen molar-refractivity contribution in [1.29, 1.82) is 0 Å². The van der Waals surface area contributed by atoms with E-state index in [1.54, 1.807) is 33.5 Å². The third kappa shape index (κ3) is 3.41. The zero-order valence-corrected chi connectivity index (χ0v) is 16.9. The zero-order chi connectivity index (χ0) is 19.7. The number of hydrogen-bond donors (Lipinski definition) is 1. The first-order valence-electron chi connectivity index (χ1n) is 8.65. The number of ether oxygens (including phenoxy) is 4. The molecule has 1 aromatic rings. The van der Waals surface area contributed by atoms with Gasteiger partial charge in [-0.1, -0.05) is 0 Å². The SMILES string of the molecule is COC(=O)C1=C(C)N(C2CC2)C(=S)N[C@H]1c1cc(OC)c(OC)cc1OC. The number of carbonyl (C=O) groups is 1. The lowest BCUT2D eigenvalue weighted by Crippen LogP contribution is -2.48. The summed E-state index contributed by atoms with van der Waals surface area (Å²) in [6, 6.07) is 3.34. The predicted molar refractivity (Wildman–Crippen MR) is 104 cm³/mol. The molecule has 0 amide bonds. The molecule has 1 N–H and O–H groups in total. The summed E-state index contributed by atoms with van der Waals surface area (Å²) in [5, 5.41) is 3.87. The van der Waals surface area contributed by atoms with Crippen molar-refractivity contribution in [2.45, 2.75) is 31.8 Å². The molecule has 1 heterocycles. The van der Waals surface area contributed by atoms with Crippen LogP contribution < -0.4 is 19.5 Å². The maximum absolute atomic E-state index is 12.6. The number of carbonyl (C=O) groups excluding carboxylic acids is 1. The normalized spacial score (nSPS) is 19.5. The van der Waals surface area contributed by atoms with Crippen LogP contribution in [0.15, 0.2) is 23.4 Å². The molecule has 1 saturated carbocycles. The molecule has 0 unspecified atom stereocenters. The van der Waals surface area contributed by atoms with Crippen molar-refractivity contribution < 1.29 is 23.7 Å². The molecular weight excluding hydrogens is 368 g/mol. The molecule has 0 aromatic heterocycles. The molecule has 1 atom stereocenters. The summed E-state index contributed by atoms with van der Waals surface area (Å²) in [5.74, 6) is 1.22. The topological polar surface area (TPSA) is 69.3 Å². The number of esters is 1. The first-order chi connectivity index (χ1) is 13.0. The van der Waals surface area contributed by atoms with Crippen molar-refractivity contribution in [2.24, 2.45) is 0 Å². The van der Waals surface area contributed by atoms with Crippen molar-refractivity contribution in [3.05, 3.63) is 29.0 Å². The maximum Gasteiger partial charge on any atom is 0.337 e. The third-order valence-corrected chi connectivity index (χ3v) is 5.21. The van der Waals surface area contributed by atoms with Crippen LogP contribution in [0.5, 0.6) is 17.2 Å². The number of thiocarbonyl (C=S) groups is 1. The van der Waals surface area contributed by atoms with Crippen LogP contribution in [-0.4, -0.2) is 50.5 Å². The second-order valence-electron chi connectivity index (χ2n) is 6.42. The number of benzene rings is 1. The fourth-order valence-electron chi connectivity index (χ4n) is 3.42. The zero-order valence-electron chi connectivity index (χ0n) is 16.1. The van der Waals surface area contributed by atoms with E-state index in [-0.39, 0.29) is 0 Å². The van der Waals surface area contributed by atoms with Crippen LogP contribution in [-0.2, 0) is 9.53 Å². The van der Waals surface area contributed by atoms with Crippen molar-refractivity contribution in [1.82, 2.24) is 10.2 Å². The summed E-state index contributed by atoms with van der Waals surface area (Å²) in [7, 11) is 6.06. The van der Waals surface area contributed by atoms with Gasteiger partial charge >= 0.3 is 5.97 Å². The van der Waals surface area contributed by atoms with Crippen LogP contribution in [0, 0.1) is 0 Å². The van der Waals surface area contributed by atoms with Crippen molar-refractivity contribution in [3.63, 3.8) is 0 Å². The van der Waals surface area contributed by atoms with Crippen molar-refractivity contribution in [2.75, 3.05) is 28.4 Å². The van der Waals surface area contributed by atoms with Gasteiger partial charge in [0.2, 0.25) is 0 Å². The highest BCUT2D eigenvalue weighted by Crippen LogP contribution is 2.43. The van der Waals surface area contributed by atoms with Gasteiger partial charge in [0.15, 0.2) is 16.6 Å². The number of nitrogens with zero attached hydrogens (tertiary/aromatic N) is 1. The van der Waals surface area contributed by atoms with Crippen LogP contribution in [0.25, 0.3) is 0 Å². The average Bonchev–Trinajstić information content (AvgIpc) is 3.50. The Morgan fingerprint density at radius 2 is 1.67 bits per heavy atom. The molecule has 146 valence electrons. The Labute approximate surface area is 164 Å². The molecule has 0 spiro atoms. The quantitative estimate of drug-likeness (QED) is 0.585. The minimum Gasteiger partial charge on any atom is -0.496 e. The van der Waals surface area contributed by atoms with E-state index in [0.717, 1.165) is 18.5 Å². The van der Waals surface area contributed by atoms with Crippen molar-refractivity contribution in [3.8, 4) is 17.2 Å². The lowest BCUT2D eigenvalue weighted by molar-refractivity contribution is -0.136. The maximum atomic E-state index is 12.6. The molecule has 1 aromatic carbocycles. The van der Waals surface area contributed by atoms with Gasteiger partial charge in [0.05, 0.1) is 40.1 Å². The van der Waals surface area contributed by atoms with Gasteiger partial charge in [0, 0.05) is 23.4 Å². The standard InChI is InChI=1S/C19H24N2O5S/c1-10-16(18(22)26-5)17(20-19(27)21(10)11-6-7-11)12-8-14(24-3)15(25-4)9-13(12)23-2/h8-9,11,17H,6-7H2,1-5H3,(H,20,27)/t17-/m0/s1. The summed E-state index contributed by atoms with van der Waals surface area (Å²) in [4.78, 5) is 14.7. The molecule has 7 nitrogen and oxygen atoms in total.